The summed E-state index contributed by atoms with van der Waals surface area (Å²) in [7, 11) is -2.27. The van der Waals surface area contributed by atoms with Crippen LogP contribution in [0.4, 0.5) is 5.69 Å². The van der Waals surface area contributed by atoms with Gasteiger partial charge < -0.3 is 4.74 Å². The van der Waals surface area contributed by atoms with Crippen LogP contribution in [0.25, 0.3) is 0 Å². The van der Waals surface area contributed by atoms with Gasteiger partial charge in [0.2, 0.25) is 0 Å². The van der Waals surface area contributed by atoms with Gasteiger partial charge in [0.05, 0.1) is 16.1 Å². The number of carbonyl (C=O) groups excluding carboxylic acids is 1. The lowest BCUT2D eigenvalue weighted by Crippen LogP contribution is -2.26. The molecular formula is C17H16N2O4S. The average molecular weight is 344 g/mol. The predicted octanol–water partition coefficient (Wildman–Crippen LogP) is 2.58. The van der Waals surface area contributed by atoms with Gasteiger partial charge >= 0.3 is 5.97 Å². The highest BCUT2D eigenvalue weighted by atomic mass is 32.2. The monoisotopic (exact) mass is 344 g/mol. The molecule has 2 rings (SSSR count). The third-order valence-corrected chi connectivity index (χ3v) is 5.13. The third kappa shape index (κ3) is 3.73. The van der Waals surface area contributed by atoms with Crippen molar-refractivity contribution in [1.82, 2.24) is 0 Å². The summed E-state index contributed by atoms with van der Waals surface area (Å²) in [6.45, 7) is 1.45. The maximum absolute atomic E-state index is 12.6. The molecule has 2 aromatic carbocycles. The maximum Gasteiger partial charge on any atom is 0.339 e. The Morgan fingerprint density at radius 1 is 1.12 bits per heavy atom. The van der Waals surface area contributed by atoms with Gasteiger partial charge in [-0.3, -0.25) is 4.31 Å². The summed E-state index contributed by atoms with van der Waals surface area (Å²) in [4.78, 5) is 11.9. The number of ether oxygens (including phenoxy) is 1. The van der Waals surface area contributed by atoms with Gasteiger partial charge in [0, 0.05) is 7.05 Å². The fourth-order valence-electron chi connectivity index (χ4n) is 1.95. The minimum absolute atomic E-state index is 0.0544. The third-order valence-electron chi connectivity index (χ3n) is 3.33. The zero-order chi connectivity index (χ0) is 17.7. The van der Waals surface area contributed by atoms with Gasteiger partial charge in [-0.05, 0) is 43.3 Å². The van der Waals surface area contributed by atoms with E-state index in [9.17, 15) is 13.2 Å². The van der Waals surface area contributed by atoms with E-state index in [1.54, 1.807) is 36.4 Å². The van der Waals surface area contributed by atoms with Crippen LogP contribution in [0.15, 0.2) is 59.5 Å². The Labute approximate surface area is 141 Å². The fraction of sp³-hybridized carbons (Fsp3) is 0.176. The Balaban J connectivity index is 2.24. The Hall–Kier alpha value is -2.85. The molecule has 0 saturated heterocycles. The molecule has 0 aromatic heterocycles. The Morgan fingerprint density at radius 2 is 1.71 bits per heavy atom. The topological polar surface area (TPSA) is 87.5 Å². The molecule has 24 heavy (non-hydrogen) atoms. The van der Waals surface area contributed by atoms with Crippen LogP contribution in [0.3, 0.4) is 0 Å². The molecule has 0 radical (unpaired) electrons. The van der Waals surface area contributed by atoms with Gasteiger partial charge in [0.15, 0.2) is 6.10 Å². The highest BCUT2D eigenvalue weighted by Crippen LogP contribution is 2.22. The second-order valence-corrected chi connectivity index (χ2v) is 6.98. The van der Waals surface area contributed by atoms with E-state index in [4.69, 9.17) is 10.00 Å². The highest BCUT2D eigenvalue weighted by Gasteiger charge is 2.21. The van der Waals surface area contributed by atoms with Crippen LogP contribution in [0.2, 0.25) is 0 Å². The first-order valence-electron chi connectivity index (χ1n) is 7.11. The molecule has 0 spiro atoms. The number of nitriles is 1. The predicted molar refractivity (Wildman–Crippen MR) is 89.0 cm³/mol. The van der Waals surface area contributed by atoms with Gasteiger partial charge in [-0.25, -0.2) is 13.2 Å². The van der Waals surface area contributed by atoms with Crippen LogP contribution in [-0.4, -0.2) is 27.5 Å². The van der Waals surface area contributed by atoms with E-state index in [1.807, 2.05) is 0 Å². The van der Waals surface area contributed by atoms with E-state index in [2.05, 4.69) is 0 Å². The molecule has 0 amide bonds. The number of esters is 1. The van der Waals surface area contributed by atoms with Crippen molar-refractivity contribution in [3.05, 3.63) is 60.2 Å². The summed E-state index contributed by atoms with van der Waals surface area (Å²) in [5, 5.41) is 8.64. The van der Waals surface area contributed by atoms with E-state index in [0.717, 1.165) is 4.31 Å². The molecule has 0 saturated carbocycles. The number of sulfonamides is 1. The van der Waals surface area contributed by atoms with Crippen molar-refractivity contribution >= 4 is 21.7 Å². The van der Waals surface area contributed by atoms with Crippen LogP contribution in [0.5, 0.6) is 0 Å². The fourth-order valence-corrected chi connectivity index (χ4v) is 3.15. The molecule has 1 atom stereocenters. The van der Waals surface area contributed by atoms with Crippen molar-refractivity contribution < 1.29 is 17.9 Å². The average Bonchev–Trinajstić information content (AvgIpc) is 2.61. The van der Waals surface area contributed by atoms with Gasteiger partial charge in [0.25, 0.3) is 10.0 Å². The Bertz CT molecular complexity index is 856. The Kier molecular flexibility index (Phi) is 5.21. The number of para-hydroxylation sites is 1. The van der Waals surface area contributed by atoms with E-state index in [1.165, 1.54) is 38.2 Å². The number of rotatable bonds is 5. The first-order valence-corrected chi connectivity index (χ1v) is 8.55. The van der Waals surface area contributed by atoms with Gasteiger partial charge in [-0.2, -0.15) is 5.26 Å². The van der Waals surface area contributed by atoms with Crippen molar-refractivity contribution in [2.45, 2.75) is 17.9 Å². The minimum Gasteiger partial charge on any atom is -0.444 e. The highest BCUT2D eigenvalue weighted by molar-refractivity contribution is 7.92. The van der Waals surface area contributed by atoms with E-state index < -0.39 is 22.1 Å². The number of benzene rings is 2. The van der Waals surface area contributed by atoms with Gasteiger partial charge in [0.1, 0.15) is 6.07 Å². The van der Waals surface area contributed by atoms with Crippen LogP contribution < -0.4 is 4.31 Å². The molecule has 2 aromatic rings. The summed E-state index contributed by atoms with van der Waals surface area (Å²) >= 11 is 0. The van der Waals surface area contributed by atoms with Crippen LogP contribution in [0, 0.1) is 11.3 Å². The van der Waals surface area contributed by atoms with Crippen LogP contribution >= 0.6 is 0 Å². The Morgan fingerprint density at radius 3 is 2.25 bits per heavy atom. The first kappa shape index (κ1) is 17.5. The van der Waals surface area contributed by atoms with Gasteiger partial charge in [-0.15, -0.1) is 0 Å². The second kappa shape index (κ2) is 7.15. The SMILES string of the molecule is C[C@H](C#N)OC(=O)c1ccc(S(=O)(=O)N(C)c2ccccc2)cc1. The normalized spacial score (nSPS) is 12.0. The van der Waals surface area contributed by atoms with Crippen molar-refractivity contribution in [2.24, 2.45) is 0 Å². The largest absolute Gasteiger partial charge is 0.444 e. The van der Waals surface area contributed by atoms with Crippen LogP contribution in [0.1, 0.15) is 17.3 Å². The lowest BCUT2D eigenvalue weighted by molar-refractivity contribution is 0.0435. The smallest absolute Gasteiger partial charge is 0.339 e. The lowest BCUT2D eigenvalue weighted by atomic mass is 10.2. The summed E-state index contributed by atoms with van der Waals surface area (Å²) < 4.78 is 31.2. The van der Waals surface area contributed by atoms with E-state index >= 15 is 0 Å². The lowest BCUT2D eigenvalue weighted by Gasteiger charge is -2.19. The number of anilines is 1. The van der Waals surface area contributed by atoms with Crippen molar-refractivity contribution in [1.29, 1.82) is 5.26 Å². The number of nitrogens with zero attached hydrogens (tertiary/aromatic N) is 2. The number of hydrogen-bond acceptors (Lipinski definition) is 5. The zero-order valence-corrected chi connectivity index (χ0v) is 14.0. The molecule has 0 aliphatic carbocycles. The summed E-state index contributed by atoms with van der Waals surface area (Å²) in [5.41, 5.74) is 0.710. The molecule has 124 valence electrons. The molecule has 0 unspecified atom stereocenters. The van der Waals surface area contributed by atoms with Gasteiger partial charge in [-0.1, -0.05) is 18.2 Å². The van der Waals surface area contributed by atoms with Crippen LogP contribution in [-0.2, 0) is 14.8 Å². The summed E-state index contributed by atoms with van der Waals surface area (Å²) in [6, 6.07) is 15.8. The molecule has 7 heteroatoms. The molecule has 0 heterocycles. The molecule has 0 aliphatic heterocycles. The quantitative estimate of drug-likeness (QED) is 0.778. The summed E-state index contributed by atoms with van der Waals surface area (Å²) in [5.74, 6) is -0.676. The molecular weight excluding hydrogens is 328 g/mol. The molecule has 0 bridgehead atoms. The molecule has 6 nitrogen and oxygen atoms in total. The zero-order valence-electron chi connectivity index (χ0n) is 13.2. The van der Waals surface area contributed by atoms with E-state index in [0.29, 0.717) is 5.69 Å². The second-order valence-electron chi connectivity index (χ2n) is 5.01. The van der Waals surface area contributed by atoms with Crippen molar-refractivity contribution in [2.75, 3.05) is 11.4 Å². The van der Waals surface area contributed by atoms with Crippen molar-refractivity contribution in [3.8, 4) is 6.07 Å². The molecule has 0 fully saturated rings. The summed E-state index contributed by atoms with van der Waals surface area (Å²) in [6.07, 6.45) is -0.870. The minimum atomic E-state index is -3.73. The van der Waals surface area contributed by atoms with Crippen molar-refractivity contribution in [3.63, 3.8) is 0 Å². The number of carbonyl (C=O) groups is 1. The van der Waals surface area contributed by atoms with E-state index in [-0.39, 0.29) is 10.5 Å². The standard InChI is InChI=1S/C17H16N2O4S/c1-13(12-18)23-17(20)14-8-10-16(11-9-14)24(21,22)19(2)15-6-4-3-5-7-15/h3-11,13H,1-2H3/t13-/m1/s1. The number of hydrogen-bond donors (Lipinski definition) is 0. The molecule has 0 N–H and O–H groups in total. The maximum atomic E-state index is 12.6. The first-order chi connectivity index (χ1) is 11.4. The molecule has 0 aliphatic rings.